The van der Waals surface area contributed by atoms with Crippen LogP contribution in [0.5, 0.6) is 0 Å². The van der Waals surface area contributed by atoms with E-state index in [9.17, 15) is 8.78 Å². The van der Waals surface area contributed by atoms with Crippen molar-refractivity contribution in [1.29, 1.82) is 0 Å². The van der Waals surface area contributed by atoms with Crippen LogP contribution >= 0.6 is 11.6 Å². The molecule has 0 spiro atoms. The molecule has 0 unspecified atom stereocenters. The van der Waals surface area contributed by atoms with Gasteiger partial charge < -0.3 is 9.31 Å². The highest BCUT2D eigenvalue weighted by molar-refractivity contribution is 6.48. The molecular formula is C15H18BClF2O2. The molecule has 1 aliphatic rings. The summed E-state index contributed by atoms with van der Waals surface area (Å²) < 4.78 is 38.1. The Morgan fingerprint density at radius 1 is 1.14 bits per heavy atom. The molecule has 1 aromatic rings. The summed E-state index contributed by atoms with van der Waals surface area (Å²) in [6, 6.07) is 6.41. The Hall–Kier alpha value is -0.905. The van der Waals surface area contributed by atoms with E-state index in [1.165, 1.54) is 6.07 Å². The van der Waals surface area contributed by atoms with Crippen molar-refractivity contribution in [3.8, 4) is 0 Å². The van der Waals surface area contributed by atoms with Crippen molar-refractivity contribution in [1.82, 2.24) is 0 Å². The fourth-order valence-electron chi connectivity index (χ4n) is 2.20. The molecule has 2 nitrogen and oxygen atoms in total. The summed E-state index contributed by atoms with van der Waals surface area (Å²) in [6.45, 7) is 7.56. The van der Waals surface area contributed by atoms with Gasteiger partial charge in [-0.15, -0.1) is 0 Å². The van der Waals surface area contributed by atoms with Gasteiger partial charge in [0.15, 0.2) is 0 Å². The SMILES string of the molecule is CC1(C)OB(CC(=C(F)F)c2cccc(Cl)c2)OC1(C)C. The zero-order valence-electron chi connectivity index (χ0n) is 12.5. The fraction of sp³-hybridized carbons (Fsp3) is 0.467. The van der Waals surface area contributed by atoms with Gasteiger partial charge >= 0.3 is 7.12 Å². The molecule has 0 atom stereocenters. The molecule has 0 aromatic heterocycles. The predicted octanol–water partition coefficient (Wildman–Crippen LogP) is 5.04. The minimum atomic E-state index is -1.74. The second-order valence-corrected chi connectivity index (χ2v) is 6.58. The first-order valence-electron chi connectivity index (χ1n) is 6.78. The van der Waals surface area contributed by atoms with E-state index in [1.807, 2.05) is 27.7 Å². The lowest BCUT2D eigenvalue weighted by atomic mass is 9.78. The van der Waals surface area contributed by atoms with Gasteiger partial charge in [0, 0.05) is 16.9 Å². The molecule has 0 radical (unpaired) electrons. The Kier molecular flexibility index (Phi) is 4.48. The molecule has 6 heteroatoms. The summed E-state index contributed by atoms with van der Waals surface area (Å²) in [4.78, 5) is 0. The Morgan fingerprint density at radius 2 is 1.71 bits per heavy atom. The lowest BCUT2D eigenvalue weighted by Crippen LogP contribution is -2.41. The monoisotopic (exact) mass is 314 g/mol. The third kappa shape index (κ3) is 3.47. The standard InChI is InChI=1S/C15H18BClF2O2/c1-14(2)15(3,4)21-16(20-14)9-12(13(18)19)10-6-5-7-11(17)8-10/h5-8H,9H2,1-4H3. The first-order chi connectivity index (χ1) is 9.62. The van der Waals surface area contributed by atoms with Gasteiger partial charge in [-0.2, -0.15) is 8.78 Å². The third-order valence-electron chi connectivity index (χ3n) is 4.07. The molecule has 0 amide bonds. The molecule has 2 rings (SSSR count). The summed E-state index contributed by atoms with van der Waals surface area (Å²) in [5, 5.41) is 0.417. The first kappa shape index (κ1) is 16.5. The molecule has 1 aliphatic heterocycles. The van der Waals surface area contributed by atoms with Crippen LogP contribution in [0.4, 0.5) is 8.78 Å². The van der Waals surface area contributed by atoms with Crippen LogP contribution in [0.3, 0.4) is 0 Å². The summed E-state index contributed by atoms with van der Waals surface area (Å²) in [7, 11) is -0.703. The van der Waals surface area contributed by atoms with Crippen LogP contribution in [0.15, 0.2) is 30.3 Å². The lowest BCUT2D eigenvalue weighted by Gasteiger charge is -2.32. The van der Waals surface area contributed by atoms with Crippen LogP contribution in [-0.4, -0.2) is 18.3 Å². The van der Waals surface area contributed by atoms with Gasteiger partial charge in [-0.05, 0) is 45.4 Å². The van der Waals surface area contributed by atoms with E-state index >= 15 is 0 Å². The van der Waals surface area contributed by atoms with Crippen molar-refractivity contribution in [2.45, 2.75) is 45.2 Å². The molecule has 1 fully saturated rings. The Bertz CT molecular complexity index is 553. The molecule has 1 heterocycles. The molecular weight excluding hydrogens is 296 g/mol. The first-order valence-corrected chi connectivity index (χ1v) is 7.16. The van der Waals surface area contributed by atoms with Crippen molar-refractivity contribution in [2.24, 2.45) is 0 Å². The number of hydrogen-bond acceptors (Lipinski definition) is 2. The van der Waals surface area contributed by atoms with Crippen LogP contribution in [-0.2, 0) is 9.31 Å². The maximum absolute atomic E-state index is 13.3. The largest absolute Gasteiger partial charge is 0.462 e. The maximum atomic E-state index is 13.3. The van der Waals surface area contributed by atoms with E-state index in [4.69, 9.17) is 20.9 Å². The molecule has 0 bridgehead atoms. The van der Waals surface area contributed by atoms with Crippen LogP contribution in [0, 0.1) is 0 Å². The average Bonchev–Trinajstić information content (AvgIpc) is 2.54. The number of rotatable bonds is 3. The molecule has 114 valence electrons. The van der Waals surface area contributed by atoms with E-state index in [1.54, 1.807) is 18.2 Å². The maximum Gasteiger partial charge on any atom is 0.462 e. The molecule has 1 saturated heterocycles. The highest BCUT2D eigenvalue weighted by Gasteiger charge is 2.51. The topological polar surface area (TPSA) is 18.5 Å². The smallest absolute Gasteiger partial charge is 0.403 e. The van der Waals surface area contributed by atoms with E-state index in [0.717, 1.165) is 0 Å². The van der Waals surface area contributed by atoms with Gasteiger partial charge in [0.25, 0.3) is 6.08 Å². The van der Waals surface area contributed by atoms with E-state index < -0.39 is 24.4 Å². The zero-order chi connectivity index (χ0) is 15.8. The van der Waals surface area contributed by atoms with E-state index in [0.29, 0.717) is 10.6 Å². The highest BCUT2D eigenvalue weighted by Crippen LogP contribution is 2.40. The molecule has 0 saturated carbocycles. The number of halogens is 3. The summed E-state index contributed by atoms with van der Waals surface area (Å²) >= 11 is 5.87. The Balaban J connectivity index is 2.23. The summed E-state index contributed by atoms with van der Waals surface area (Å²) in [5.41, 5.74) is -0.790. The average molecular weight is 315 g/mol. The summed E-state index contributed by atoms with van der Waals surface area (Å²) in [6.07, 6.45) is -1.76. The minimum absolute atomic E-state index is 0.0183. The zero-order valence-corrected chi connectivity index (χ0v) is 13.3. The van der Waals surface area contributed by atoms with Crippen LogP contribution < -0.4 is 0 Å². The van der Waals surface area contributed by atoms with E-state index in [-0.39, 0.29) is 11.9 Å². The van der Waals surface area contributed by atoms with Gasteiger partial charge in [0.1, 0.15) is 0 Å². The molecule has 0 N–H and O–H groups in total. The van der Waals surface area contributed by atoms with Crippen molar-refractivity contribution in [2.75, 3.05) is 0 Å². The second-order valence-electron chi connectivity index (χ2n) is 6.14. The van der Waals surface area contributed by atoms with E-state index in [2.05, 4.69) is 0 Å². The third-order valence-corrected chi connectivity index (χ3v) is 4.31. The van der Waals surface area contributed by atoms with Crippen molar-refractivity contribution in [3.05, 3.63) is 40.9 Å². The number of benzene rings is 1. The molecule has 0 aliphatic carbocycles. The lowest BCUT2D eigenvalue weighted by molar-refractivity contribution is 0.00578. The van der Waals surface area contributed by atoms with Gasteiger partial charge in [-0.25, -0.2) is 0 Å². The van der Waals surface area contributed by atoms with Gasteiger partial charge in [0.2, 0.25) is 0 Å². The minimum Gasteiger partial charge on any atom is -0.403 e. The number of hydrogen-bond donors (Lipinski definition) is 0. The Morgan fingerprint density at radius 3 is 2.19 bits per heavy atom. The summed E-state index contributed by atoms with van der Waals surface area (Å²) in [5.74, 6) is 0. The predicted molar refractivity (Wildman–Crippen MR) is 81.5 cm³/mol. The highest BCUT2D eigenvalue weighted by atomic mass is 35.5. The van der Waals surface area contributed by atoms with Crippen LogP contribution in [0.25, 0.3) is 5.57 Å². The molecule has 21 heavy (non-hydrogen) atoms. The van der Waals surface area contributed by atoms with Gasteiger partial charge in [-0.1, -0.05) is 23.7 Å². The van der Waals surface area contributed by atoms with Crippen LogP contribution in [0.1, 0.15) is 33.3 Å². The second kappa shape index (κ2) is 5.71. The Labute approximate surface area is 129 Å². The normalized spacial score (nSPS) is 19.7. The van der Waals surface area contributed by atoms with Crippen LogP contribution in [0.2, 0.25) is 11.3 Å². The quantitative estimate of drug-likeness (QED) is 0.728. The van der Waals surface area contributed by atoms with Crippen molar-refractivity contribution in [3.63, 3.8) is 0 Å². The van der Waals surface area contributed by atoms with Crippen molar-refractivity contribution < 1.29 is 18.1 Å². The van der Waals surface area contributed by atoms with Gasteiger partial charge in [0.05, 0.1) is 11.2 Å². The van der Waals surface area contributed by atoms with Crippen molar-refractivity contribution >= 4 is 24.3 Å². The molecule has 1 aromatic carbocycles. The van der Waals surface area contributed by atoms with Gasteiger partial charge in [-0.3, -0.25) is 0 Å². The number of allylic oxidation sites excluding steroid dienone is 1. The fourth-order valence-corrected chi connectivity index (χ4v) is 2.39.